The van der Waals surface area contributed by atoms with Gasteiger partial charge in [0, 0.05) is 6.04 Å². The molecule has 4 heteroatoms. The quantitative estimate of drug-likeness (QED) is 0.786. The Hall–Kier alpha value is -0.0900. The van der Waals surface area contributed by atoms with Gasteiger partial charge in [-0.25, -0.2) is 8.42 Å². The van der Waals surface area contributed by atoms with Crippen molar-refractivity contribution >= 4 is 9.84 Å². The molecule has 0 heterocycles. The van der Waals surface area contributed by atoms with Crippen molar-refractivity contribution in [2.75, 3.05) is 12.3 Å². The van der Waals surface area contributed by atoms with E-state index in [-0.39, 0.29) is 0 Å². The Morgan fingerprint density at radius 3 is 2.20 bits per heavy atom. The molecule has 0 bridgehead atoms. The van der Waals surface area contributed by atoms with Gasteiger partial charge in [-0.3, -0.25) is 0 Å². The fourth-order valence-electron chi connectivity index (χ4n) is 3.15. The van der Waals surface area contributed by atoms with E-state index in [0.29, 0.717) is 11.7 Å². The lowest BCUT2D eigenvalue weighted by atomic mass is 9.88. The summed E-state index contributed by atoms with van der Waals surface area (Å²) in [5, 5.41) is 3.61. The van der Waals surface area contributed by atoms with Crippen molar-refractivity contribution in [3.05, 3.63) is 0 Å². The minimum atomic E-state index is -2.97. The first kappa shape index (κ1) is 16.3. The number of hydrogen-bond donors (Lipinski definition) is 1. The predicted octanol–water partition coefficient (Wildman–Crippen LogP) is 3.15. The molecule has 0 saturated heterocycles. The van der Waals surface area contributed by atoms with Crippen LogP contribution in [0.5, 0.6) is 0 Å². The van der Waals surface area contributed by atoms with Gasteiger partial charge < -0.3 is 5.32 Å². The fraction of sp³-hybridized carbons (Fsp3) is 1.00. The lowest BCUT2D eigenvalue weighted by Crippen LogP contribution is -2.34. The zero-order chi connectivity index (χ0) is 14.8. The lowest BCUT2D eigenvalue weighted by Gasteiger charge is -2.26. The molecule has 1 unspecified atom stereocenters. The minimum absolute atomic E-state index is 0.351. The first-order chi connectivity index (χ1) is 9.29. The molecule has 2 aliphatic carbocycles. The van der Waals surface area contributed by atoms with Crippen LogP contribution in [0.3, 0.4) is 0 Å². The molecule has 1 atom stereocenters. The highest BCUT2D eigenvalue weighted by Gasteiger charge is 2.32. The molecule has 0 spiro atoms. The first-order valence-electron chi connectivity index (χ1n) is 8.25. The van der Waals surface area contributed by atoms with Gasteiger partial charge in [0.1, 0.15) is 0 Å². The molecule has 0 aromatic carbocycles. The van der Waals surface area contributed by atoms with Crippen LogP contribution in [0.4, 0.5) is 0 Å². The van der Waals surface area contributed by atoms with Gasteiger partial charge in [-0.2, -0.15) is 0 Å². The SMILES string of the molecule is CC(C)(C)S(=O)(=O)CCC(CNC1CC1)C1CCCC1. The Bertz CT molecular complexity index is 401. The van der Waals surface area contributed by atoms with Gasteiger partial charge in [-0.1, -0.05) is 25.7 Å². The normalized spacial score (nSPS) is 23.1. The van der Waals surface area contributed by atoms with Gasteiger partial charge >= 0.3 is 0 Å². The van der Waals surface area contributed by atoms with Crippen LogP contribution in [0.15, 0.2) is 0 Å². The summed E-state index contributed by atoms with van der Waals surface area (Å²) < 4.78 is 24.0. The average molecular weight is 301 g/mol. The third-order valence-corrected chi connectivity index (χ3v) is 7.64. The van der Waals surface area contributed by atoms with Crippen LogP contribution < -0.4 is 5.32 Å². The van der Waals surface area contributed by atoms with E-state index in [1.54, 1.807) is 0 Å². The summed E-state index contributed by atoms with van der Waals surface area (Å²) >= 11 is 0. The molecule has 0 amide bonds. The van der Waals surface area contributed by atoms with Gasteiger partial charge in [0.15, 0.2) is 9.84 Å². The van der Waals surface area contributed by atoms with Crippen molar-refractivity contribution in [2.24, 2.45) is 11.8 Å². The van der Waals surface area contributed by atoms with Crippen molar-refractivity contribution in [1.82, 2.24) is 5.32 Å². The highest BCUT2D eigenvalue weighted by Crippen LogP contribution is 2.34. The third kappa shape index (κ3) is 4.45. The highest BCUT2D eigenvalue weighted by molar-refractivity contribution is 7.92. The molecule has 3 nitrogen and oxygen atoms in total. The van der Waals surface area contributed by atoms with E-state index in [0.717, 1.165) is 24.9 Å². The van der Waals surface area contributed by atoms with Crippen LogP contribution in [-0.4, -0.2) is 31.5 Å². The Balaban J connectivity index is 1.89. The molecule has 0 radical (unpaired) electrons. The largest absolute Gasteiger partial charge is 0.314 e. The minimum Gasteiger partial charge on any atom is -0.314 e. The summed E-state index contributed by atoms with van der Waals surface area (Å²) in [6.45, 7) is 6.47. The van der Waals surface area contributed by atoms with E-state index < -0.39 is 14.6 Å². The average Bonchev–Trinajstić information content (AvgIpc) is 3.00. The van der Waals surface area contributed by atoms with Crippen LogP contribution in [0.2, 0.25) is 0 Å². The standard InChI is InChI=1S/C16H31NO2S/c1-16(2,3)20(18,19)11-10-14(12-17-15-8-9-15)13-6-4-5-7-13/h13-15,17H,4-12H2,1-3H3. The van der Waals surface area contributed by atoms with E-state index in [2.05, 4.69) is 5.32 Å². The summed E-state index contributed by atoms with van der Waals surface area (Å²) in [5.74, 6) is 1.65. The van der Waals surface area contributed by atoms with E-state index in [4.69, 9.17) is 0 Å². The topological polar surface area (TPSA) is 46.2 Å². The Morgan fingerprint density at radius 2 is 1.70 bits per heavy atom. The molecule has 2 fully saturated rings. The Morgan fingerprint density at radius 1 is 1.10 bits per heavy atom. The molecule has 0 aromatic rings. The van der Waals surface area contributed by atoms with Crippen molar-refractivity contribution < 1.29 is 8.42 Å². The molecular formula is C16H31NO2S. The molecule has 2 saturated carbocycles. The van der Waals surface area contributed by atoms with Gasteiger partial charge in [0.25, 0.3) is 0 Å². The summed E-state index contributed by atoms with van der Waals surface area (Å²) in [4.78, 5) is 0. The molecule has 0 aromatic heterocycles. The maximum absolute atomic E-state index is 12.3. The van der Waals surface area contributed by atoms with Crippen molar-refractivity contribution in [3.8, 4) is 0 Å². The van der Waals surface area contributed by atoms with Crippen molar-refractivity contribution in [1.29, 1.82) is 0 Å². The second kappa shape index (κ2) is 6.35. The number of sulfone groups is 1. The molecule has 20 heavy (non-hydrogen) atoms. The highest BCUT2D eigenvalue weighted by atomic mass is 32.2. The Labute approximate surface area is 124 Å². The van der Waals surface area contributed by atoms with Crippen LogP contribution in [-0.2, 0) is 9.84 Å². The summed E-state index contributed by atoms with van der Waals surface area (Å²) in [7, 11) is -2.97. The number of hydrogen-bond acceptors (Lipinski definition) is 3. The van der Waals surface area contributed by atoms with E-state index in [1.807, 2.05) is 20.8 Å². The lowest BCUT2D eigenvalue weighted by molar-refractivity contribution is 0.313. The van der Waals surface area contributed by atoms with E-state index in [9.17, 15) is 8.42 Å². The molecule has 1 N–H and O–H groups in total. The first-order valence-corrected chi connectivity index (χ1v) is 9.90. The Kier molecular flexibility index (Phi) is 5.17. The van der Waals surface area contributed by atoms with Gasteiger partial charge in [0.2, 0.25) is 0 Å². The molecule has 2 rings (SSSR count). The zero-order valence-corrected chi connectivity index (χ0v) is 14.1. The van der Waals surface area contributed by atoms with Crippen molar-refractivity contribution in [3.63, 3.8) is 0 Å². The van der Waals surface area contributed by atoms with Gasteiger partial charge in [-0.15, -0.1) is 0 Å². The monoisotopic (exact) mass is 301 g/mol. The van der Waals surface area contributed by atoms with E-state index >= 15 is 0 Å². The maximum atomic E-state index is 12.3. The molecule has 0 aliphatic heterocycles. The molecule has 118 valence electrons. The summed E-state index contributed by atoms with van der Waals surface area (Å²) in [6.07, 6.45) is 8.70. The smallest absolute Gasteiger partial charge is 0.155 e. The van der Waals surface area contributed by atoms with Gasteiger partial charge in [-0.05, 0) is 58.4 Å². The fourth-order valence-corrected chi connectivity index (χ4v) is 4.38. The predicted molar refractivity (Wildman–Crippen MR) is 84.6 cm³/mol. The summed E-state index contributed by atoms with van der Waals surface area (Å²) in [6, 6.07) is 0.720. The summed E-state index contributed by atoms with van der Waals surface area (Å²) in [5.41, 5.74) is 0. The van der Waals surface area contributed by atoms with Crippen LogP contribution in [0, 0.1) is 11.8 Å². The zero-order valence-electron chi connectivity index (χ0n) is 13.3. The molecule has 2 aliphatic rings. The maximum Gasteiger partial charge on any atom is 0.155 e. The van der Waals surface area contributed by atoms with Crippen LogP contribution >= 0.6 is 0 Å². The van der Waals surface area contributed by atoms with Crippen LogP contribution in [0.1, 0.15) is 65.7 Å². The van der Waals surface area contributed by atoms with Crippen LogP contribution in [0.25, 0.3) is 0 Å². The third-order valence-electron chi connectivity index (χ3n) is 5.00. The van der Waals surface area contributed by atoms with Gasteiger partial charge in [0.05, 0.1) is 10.5 Å². The number of nitrogens with one attached hydrogen (secondary N) is 1. The number of rotatable bonds is 7. The van der Waals surface area contributed by atoms with Crippen molar-refractivity contribution in [2.45, 2.75) is 76.5 Å². The second-order valence-electron chi connectivity index (χ2n) is 7.71. The van der Waals surface area contributed by atoms with E-state index in [1.165, 1.54) is 38.5 Å². The second-order valence-corrected chi connectivity index (χ2v) is 10.6. The molecular weight excluding hydrogens is 270 g/mol.